The van der Waals surface area contributed by atoms with Gasteiger partial charge < -0.3 is 20.3 Å². The summed E-state index contributed by atoms with van der Waals surface area (Å²) in [4.78, 5) is 25.9. The van der Waals surface area contributed by atoms with Gasteiger partial charge in [0, 0.05) is 5.39 Å². The zero-order chi connectivity index (χ0) is 17.2. The number of aromatic hydroxyl groups is 1. The van der Waals surface area contributed by atoms with Crippen molar-refractivity contribution in [3.63, 3.8) is 0 Å². The van der Waals surface area contributed by atoms with Crippen molar-refractivity contribution >= 4 is 22.8 Å². The molecule has 23 heavy (non-hydrogen) atoms. The van der Waals surface area contributed by atoms with Gasteiger partial charge in [-0.3, -0.25) is 9.59 Å². The lowest BCUT2D eigenvalue weighted by Gasteiger charge is -2.10. The first-order valence-electron chi connectivity index (χ1n) is 6.05. The lowest BCUT2D eigenvalue weighted by molar-refractivity contribution is -0.274. The second-order valence-electron chi connectivity index (χ2n) is 4.33. The van der Waals surface area contributed by atoms with Gasteiger partial charge in [0.25, 0.3) is 5.91 Å². The van der Waals surface area contributed by atoms with E-state index in [2.05, 4.69) is 9.72 Å². The fraction of sp³-hybridized carbons (Fsp3) is 0.154. The standard InChI is InChI=1S/C13H9F3N2O5/c14-13(15,16)23-7-1-2-8-6(3-7)4-9(19)11(18-8)12(22)17-5-10(20)21/h1-4,19H,5H2,(H,17,22)(H,20,21). The van der Waals surface area contributed by atoms with Crippen molar-refractivity contribution in [1.82, 2.24) is 10.3 Å². The van der Waals surface area contributed by atoms with Gasteiger partial charge in [-0.1, -0.05) is 0 Å². The number of carbonyl (C=O) groups is 2. The van der Waals surface area contributed by atoms with E-state index in [9.17, 15) is 27.9 Å². The molecule has 1 aromatic carbocycles. The second-order valence-corrected chi connectivity index (χ2v) is 4.33. The van der Waals surface area contributed by atoms with E-state index in [-0.39, 0.29) is 10.9 Å². The highest BCUT2D eigenvalue weighted by atomic mass is 19.4. The molecule has 1 heterocycles. The first kappa shape index (κ1) is 16.3. The number of aromatic nitrogens is 1. The van der Waals surface area contributed by atoms with E-state index in [1.54, 1.807) is 0 Å². The van der Waals surface area contributed by atoms with Crippen LogP contribution in [0.2, 0.25) is 0 Å². The van der Waals surface area contributed by atoms with Gasteiger partial charge in [0.15, 0.2) is 5.69 Å². The molecule has 0 fully saturated rings. The van der Waals surface area contributed by atoms with E-state index >= 15 is 0 Å². The average molecular weight is 330 g/mol. The van der Waals surface area contributed by atoms with Crippen molar-refractivity contribution < 1.29 is 37.7 Å². The molecule has 10 heteroatoms. The molecule has 0 bridgehead atoms. The fourth-order valence-electron chi connectivity index (χ4n) is 1.75. The van der Waals surface area contributed by atoms with Crippen LogP contribution in [0.4, 0.5) is 13.2 Å². The number of carbonyl (C=O) groups excluding carboxylic acids is 1. The van der Waals surface area contributed by atoms with Crippen molar-refractivity contribution in [2.75, 3.05) is 6.54 Å². The monoisotopic (exact) mass is 330 g/mol. The Bertz CT molecular complexity index is 776. The van der Waals surface area contributed by atoms with Crippen LogP contribution in [-0.4, -0.2) is 40.0 Å². The Morgan fingerprint density at radius 2 is 1.96 bits per heavy atom. The summed E-state index contributed by atoms with van der Waals surface area (Å²) in [6.45, 7) is -0.670. The molecule has 0 saturated heterocycles. The summed E-state index contributed by atoms with van der Waals surface area (Å²) in [5.74, 6) is -3.33. The first-order chi connectivity index (χ1) is 10.7. The number of alkyl halides is 3. The van der Waals surface area contributed by atoms with Gasteiger partial charge in [-0.25, -0.2) is 4.98 Å². The van der Waals surface area contributed by atoms with Crippen LogP contribution in [0.1, 0.15) is 10.5 Å². The zero-order valence-electron chi connectivity index (χ0n) is 11.2. The third-order valence-electron chi connectivity index (χ3n) is 2.61. The molecule has 1 amide bonds. The molecule has 7 nitrogen and oxygen atoms in total. The number of nitrogens with zero attached hydrogens (tertiary/aromatic N) is 1. The van der Waals surface area contributed by atoms with E-state index < -0.39 is 42.0 Å². The predicted molar refractivity (Wildman–Crippen MR) is 70.1 cm³/mol. The highest BCUT2D eigenvalue weighted by Gasteiger charge is 2.31. The lowest BCUT2D eigenvalue weighted by Crippen LogP contribution is -2.29. The molecule has 0 unspecified atom stereocenters. The molecular formula is C13H9F3N2O5. The van der Waals surface area contributed by atoms with E-state index in [0.717, 1.165) is 18.2 Å². The summed E-state index contributed by atoms with van der Waals surface area (Å²) in [6.07, 6.45) is -4.86. The molecule has 0 aliphatic rings. The topological polar surface area (TPSA) is 109 Å². The third-order valence-corrected chi connectivity index (χ3v) is 2.61. The number of ether oxygens (including phenoxy) is 1. The fourth-order valence-corrected chi connectivity index (χ4v) is 1.75. The normalized spacial score (nSPS) is 11.3. The number of rotatable bonds is 4. The molecular weight excluding hydrogens is 321 g/mol. The molecule has 0 aliphatic heterocycles. The number of amides is 1. The van der Waals surface area contributed by atoms with Crippen LogP contribution in [0.5, 0.6) is 11.5 Å². The predicted octanol–water partition coefficient (Wildman–Crippen LogP) is 1.65. The molecule has 3 N–H and O–H groups in total. The molecule has 2 rings (SSSR count). The molecule has 0 radical (unpaired) electrons. The Balaban J connectivity index is 2.33. The van der Waals surface area contributed by atoms with Gasteiger partial charge >= 0.3 is 12.3 Å². The Kier molecular flexibility index (Phi) is 4.25. The minimum absolute atomic E-state index is 0.110. The van der Waals surface area contributed by atoms with Crippen LogP contribution in [-0.2, 0) is 4.79 Å². The molecule has 0 aliphatic carbocycles. The largest absolute Gasteiger partial charge is 0.573 e. The number of benzene rings is 1. The minimum Gasteiger partial charge on any atom is -0.505 e. The van der Waals surface area contributed by atoms with Crippen LogP contribution in [0.25, 0.3) is 10.9 Å². The SMILES string of the molecule is O=C(O)CNC(=O)c1nc2ccc(OC(F)(F)F)cc2cc1O. The van der Waals surface area contributed by atoms with Gasteiger partial charge in [-0.2, -0.15) is 0 Å². The third kappa shape index (κ3) is 4.22. The van der Waals surface area contributed by atoms with Crippen LogP contribution in [0.3, 0.4) is 0 Å². The number of hydrogen-bond acceptors (Lipinski definition) is 5. The molecule has 0 atom stereocenters. The Labute approximate surface area is 126 Å². The van der Waals surface area contributed by atoms with Gasteiger partial charge in [0.2, 0.25) is 0 Å². The van der Waals surface area contributed by atoms with Crippen molar-refractivity contribution in [1.29, 1.82) is 0 Å². The number of hydrogen-bond donors (Lipinski definition) is 3. The molecule has 122 valence electrons. The molecule has 0 saturated carbocycles. The Morgan fingerprint density at radius 3 is 2.57 bits per heavy atom. The summed E-state index contributed by atoms with van der Waals surface area (Å²) < 4.78 is 40.2. The number of carboxylic acid groups (broad SMARTS) is 1. The molecule has 1 aromatic heterocycles. The Morgan fingerprint density at radius 1 is 1.26 bits per heavy atom. The average Bonchev–Trinajstić information content (AvgIpc) is 2.42. The molecule has 0 spiro atoms. The zero-order valence-corrected chi connectivity index (χ0v) is 11.2. The van der Waals surface area contributed by atoms with Crippen LogP contribution in [0.15, 0.2) is 24.3 Å². The summed E-state index contributed by atoms with van der Waals surface area (Å²) in [5, 5.41) is 20.3. The quantitative estimate of drug-likeness (QED) is 0.786. The molecule has 2 aromatic rings. The van der Waals surface area contributed by atoms with Crippen molar-refractivity contribution in [2.45, 2.75) is 6.36 Å². The minimum atomic E-state index is -4.86. The van der Waals surface area contributed by atoms with Crippen LogP contribution < -0.4 is 10.1 Å². The maximum Gasteiger partial charge on any atom is 0.573 e. The van der Waals surface area contributed by atoms with E-state index in [4.69, 9.17) is 5.11 Å². The highest BCUT2D eigenvalue weighted by Crippen LogP contribution is 2.28. The van der Waals surface area contributed by atoms with E-state index in [1.165, 1.54) is 6.07 Å². The second kappa shape index (κ2) is 5.99. The first-order valence-corrected chi connectivity index (χ1v) is 6.05. The highest BCUT2D eigenvalue weighted by molar-refractivity contribution is 5.99. The number of fused-ring (bicyclic) bond motifs is 1. The summed E-state index contributed by atoms with van der Waals surface area (Å²) in [5.41, 5.74) is -0.318. The van der Waals surface area contributed by atoms with Crippen molar-refractivity contribution in [3.05, 3.63) is 30.0 Å². The number of halogens is 3. The number of aliphatic carboxylic acids is 1. The summed E-state index contributed by atoms with van der Waals surface area (Å²) in [7, 11) is 0. The number of carboxylic acids is 1. The van der Waals surface area contributed by atoms with Gasteiger partial charge in [-0.15, -0.1) is 13.2 Å². The number of pyridine rings is 1. The summed E-state index contributed by atoms with van der Waals surface area (Å²) in [6, 6.07) is 4.19. The van der Waals surface area contributed by atoms with Gasteiger partial charge in [0.1, 0.15) is 18.0 Å². The van der Waals surface area contributed by atoms with Gasteiger partial charge in [-0.05, 0) is 24.3 Å². The maximum atomic E-state index is 12.2. The smallest absolute Gasteiger partial charge is 0.505 e. The van der Waals surface area contributed by atoms with Crippen molar-refractivity contribution in [2.24, 2.45) is 0 Å². The van der Waals surface area contributed by atoms with Crippen molar-refractivity contribution in [3.8, 4) is 11.5 Å². The maximum absolute atomic E-state index is 12.2. The van der Waals surface area contributed by atoms with Crippen LogP contribution in [0, 0.1) is 0 Å². The van der Waals surface area contributed by atoms with E-state index in [1.807, 2.05) is 5.32 Å². The number of nitrogens with one attached hydrogen (secondary N) is 1. The lowest BCUT2D eigenvalue weighted by atomic mass is 10.1. The van der Waals surface area contributed by atoms with Gasteiger partial charge in [0.05, 0.1) is 5.52 Å². The van der Waals surface area contributed by atoms with Crippen LogP contribution >= 0.6 is 0 Å². The van der Waals surface area contributed by atoms with E-state index in [0.29, 0.717) is 0 Å². The Hall–Kier alpha value is -3.04. The summed E-state index contributed by atoms with van der Waals surface area (Å²) >= 11 is 0.